The second-order valence-electron chi connectivity index (χ2n) is 3.13. The Hall–Kier alpha value is -0.510. The first-order valence-electron chi connectivity index (χ1n) is 4.49. The summed E-state index contributed by atoms with van der Waals surface area (Å²) in [6.45, 7) is 0.332. The quantitative estimate of drug-likeness (QED) is 0.850. The fourth-order valence-corrected chi connectivity index (χ4v) is 1.27. The Morgan fingerprint density at radius 1 is 1.25 bits per heavy atom. The highest BCUT2D eigenvalue weighted by Crippen LogP contribution is 2.25. The minimum Gasteiger partial charge on any atom is -0.352 e. The highest BCUT2D eigenvalue weighted by Gasteiger charge is 2.29. The molecule has 6 heteroatoms. The van der Waals surface area contributed by atoms with Gasteiger partial charge in [-0.3, -0.25) is 4.79 Å². The van der Waals surface area contributed by atoms with Crippen LogP contribution in [0.5, 0.6) is 0 Å². The van der Waals surface area contributed by atoms with E-state index in [1.807, 2.05) is 0 Å². The number of alkyl halides is 3. The predicted molar refractivity (Wildman–Crippen MR) is 63.4 cm³/mol. The van der Waals surface area contributed by atoms with Crippen LogP contribution < -0.4 is 5.32 Å². The molecule has 0 radical (unpaired) electrons. The van der Waals surface area contributed by atoms with Gasteiger partial charge in [0.1, 0.15) is 5.82 Å². The third-order valence-corrected chi connectivity index (χ3v) is 2.38. The van der Waals surface area contributed by atoms with Crippen molar-refractivity contribution >= 4 is 40.7 Å². The van der Waals surface area contributed by atoms with Gasteiger partial charge in [-0.25, -0.2) is 4.39 Å². The molecule has 0 saturated carbocycles. The maximum atomic E-state index is 12.6. The van der Waals surface area contributed by atoms with E-state index < -0.39 is 9.70 Å². The van der Waals surface area contributed by atoms with Crippen LogP contribution in [0.25, 0.3) is 0 Å². The number of carbonyl (C=O) groups excluding carboxylic acids is 1. The number of nitrogens with one attached hydrogen (secondary N) is 1. The summed E-state index contributed by atoms with van der Waals surface area (Å²) < 4.78 is 10.6. The number of halogens is 4. The van der Waals surface area contributed by atoms with Gasteiger partial charge in [0.25, 0.3) is 9.70 Å². The minimum absolute atomic E-state index is 0.297. The summed E-state index contributed by atoms with van der Waals surface area (Å²) in [5.41, 5.74) is 0.894. The summed E-state index contributed by atoms with van der Waals surface area (Å²) in [6.07, 6.45) is 0.548. The van der Waals surface area contributed by atoms with Crippen molar-refractivity contribution in [1.82, 2.24) is 5.32 Å². The van der Waals surface area contributed by atoms with E-state index in [4.69, 9.17) is 34.8 Å². The molecule has 16 heavy (non-hydrogen) atoms. The molecule has 1 aromatic rings. The van der Waals surface area contributed by atoms with E-state index in [0.717, 1.165) is 5.56 Å². The highest BCUT2D eigenvalue weighted by atomic mass is 35.6. The van der Waals surface area contributed by atoms with Gasteiger partial charge in [-0.15, -0.1) is 0 Å². The van der Waals surface area contributed by atoms with Crippen LogP contribution in [0.4, 0.5) is 4.39 Å². The van der Waals surface area contributed by atoms with Crippen LogP contribution in [0.15, 0.2) is 24.3 Å². The maximum Gasteiger partial charge on any atom is 0.272 e. The van der Waals surface area contributed by atoms with Gasteiger partial charge in [-0.05, 0) is 24.1 Å². The van der Waals surface area contributed by atoms with Crippen molar-refractivity contribution in [2.45, 2.75) is 10.2 Å². The fraction of sp³-hybridized carbons (Fsp3) is 0.300. The summed E-state index contributed by atoms with van der Waals surface area (Å²) in [4.78, 5) is 11.1. The number of amides is 1. The Labute approximate surface area is 108 Å². The lowest BCUT2D eigenvalue weighted by Gasteiger charge is -2.11. The van der Waals surface area contributed by atoms with Crippen molar-refractivity contribution in [1.29, 1.82) is 0 Å². The van der Waals surface area contributed by atoms with Crippen LogP contribution in [0.1, 0.15) is 5.56 Å². The lowest BCUT2D eigenvalue weighted by Crippen LogP contribution is -2.35. The molecule has 1 aromatic carbocycles. The van der Waals surface area contributed by atoms with Gasteiger partial charge in [-0.1, -0.05) is 46.9 Å². The van der Waals surface area contributed by atoms with Gasteiger partial charge in [-0.2, -0.15) is 0 Å². The molecule has 0 fully saturated rings. The van der Waals surface area contributed by atoms with Gasteiger partial charge in [0.15, 0.2) is 0 Å². The number of hydrogen-bond acceptors (Lipinski definition) is 1. The van der Waals surface area contributed by atoms with E-state index in [0.29, 0.717) is 13.0 Å². The molecule has 1 N–H and O–H groups in total. The van der Waals surface area contributed by atoms with Crippen LogP contribution >= 0.6 is 34.8 Å². The monoisotopic (exact) mass is 283 g/mol. The third-order valence-electron chi connectivity index (χ3n) is 1.87. The van der Waals surface area contributed by atoms with Crippen LogP contribution in [-0.2, 0) is 11.2 Å². The topological polar surface area (TPSA) is 29.1 Å². The maximum absolute atomic E-state index is 12.6. The smallest absolute Gasteiger partial charge is 0.272 e. The first kappa shape index (κ1) is 13.6. The minimum atomic E-state index is -1.94. The highest BCUT2D eigenvalue weighted by molar-refractivity contribution is 6.76. The molecule has 2 nitrogen and oxygen atoms in total. The van der Waals surface area contributed by atoms with Crippen molar-refractivity contribution < 1.29 is 9.18 Å². The molecular weight excluding hydrogens is 275 g/mol. The molecule has 0 aliphatic rings. The third kappa shape index (κ3) is 4.56. The molecule has 0 unspecified atom stereocenters. The lowest BCUT2D eigenvalue weighted by atomic mass is 10.1. The Balaban J connectivity index is 2.36. The van der Waals surface area contributed by atoms with Crippen molar-refractivity contribution in [2.75, 3.05) is 6.54 Å². The number of rotatable bonds is 3. The Morgan fingerprint density at radius 2 is 1.81 bits per heavy atom. The summed E-state index contributed by atoms with van der Waals surface area (Å²) in [7, 11) is 0. The van der Waals surface area contributed by atoms with E-state index >= 15 is 0 Å². The normalized spacial score (nSPS) is 11.2. The van der Waals surface area contributed by atoms with Gasteiger partial charge in [0.2, 0.25) is 0 Å². The molecule has 0 atom stereocenters. The number of carbonyl (C=O) groups is 1. The second-order valence-corrected chi connectivity index (χ2v) is 5.41. The molecule has 0 aliphatic carbocycles. The lowest BCUT2D eigenvalue weighted by molar-refractivity contribution is -0.120. The van der Waals surface area contributed by atoms with Gasteiger partial charge >= 0.3 is 0 Å². The molecule has 0 aliphatic heterocycles. The van der Waals surface area contributed by atoms with E-state index in [2.05, 4.69) is 5.32 Å². The zero-order valence-corrected chi connectivity index (χ0v) is 10.4. The van der Waals surface area contributed by atoms with Crippen molar-refractivity contribution in [3.63, 3.8) is 0 Å². The molecule has 0 aromatic heterocycles. The average Bonchev–Trinajstić information content (AvgIpc) is 2.19. The summed E-state index contributed by atoms with van der Waals surface area (Å²) >= 11 is 16.1. The number of hydrogen-bond donors (Lipinski definition) is 1. The molecule has 0 heterocycles. The van der Waals surface area contributed by atoms with E-state index in [1.165, 1.54) is 12.1 Å². The van der Waals surface area contributed by atoms with Crippen LogP contribution in [0.3, 0.4) is 0 Å². The molecule has 1 amide bonds. The first-order chi connectivity index (χ1) is 7.39. The Morgan fingerprint density at radius 3 is 2.31 bits per heavy atom. The molecule has 0 bridgehead atoms. The van der Waals surface area contributed by atoms with Crippen molar-refractivity contribution in [3.05, 3.63) is 35.6 Å². The molecule has 0 spiro atoms. The molecule has 1 rings (SSSR count). The van der Waals surface area contributed by atoms with Crippen LogP contribution in [-0.4, -0.2) is 16.2 Å². The van der Waals surface area contributed by atoms with Gasteiger partial charge in [0.05, 0.1) is 0 Å². The standard InChI is InChI=1S/C10H9Cl3FNO/c11-10(12,13)9(16)15-6-5-7-1-3-8(14)4-2-7/h1-4H,5-6H2,(H,15,16). The van der Waals surface area contributed by atoms with E-state index in [1.54, 1.807) is 12.1 Å². The van der Waals surface area contributed by atoms with E-state index in [-0.39, 0.29) is 5.82 Å². The number of benzene rings is 1. The zero-order valence-electron chi connectivity index (χ0n) is 8.14. The van der Waals surface area contributed by atoms with Crippen LogP contribution in [0, 0.1) is 5.82 Å². The summed E-state index contributed by atoms with van der Waals surface area (Å²) in [6, 6.07) is 5.98. The summed E-state index contributed by atoms with van der Waals surface area (Å²) in [5.74, 6) is -0.964. The van der Waals surface area contributed by atoms with Crippen molar-refractivity contribution in [2.24, 2.45) is 0 Å². The SMILES string of the molecule is O=C(NCCc1ccc(F)cc1)C(Cl)(Cl)Cl. The zero-order chi connectivity index (χ0) is 12.2. The molecular formula is C10H9Cl3FNO. The molecule has 0 saturated heterocycles. The predicted octanol–water partition coefficient (Wildman–Crippen LogP) is 2.85. The average molecular weight is 285 g/mol. The fourth-order valence-electron chi connectivity index (χ4n) is 1.07. The van der Waals surface area contributed by atoms with Crippen molar-refractivity contribution in [3.8, 4) is 0 Å². The molecule has 88 valence electrons. The van der Waals surface area contributed by atoms with Gasteiger partial charge < -0.3 is 5.32 Å². The largest absolute Gasteiger partial charge is 0.352 e. The van der Waals surface area contributed by atoms with Gasteiger partial charge in [0, 0.05) is 6.54 Å². The van der Waals surface area contributed by atoms with Crippen LogP contribution in [0.2, 0.25) is 0 Å². The Bertz CT molecular complexity index is 361. The second kappa shape index (κ2) is 5.71. The first-order valence-corrected chi connectivity index (χ1v) is 5.62. The summed E-state index contributed by atoms with van der Waals surface area (Å²) in [5, 5.41) is 2.46. The Kier molecular flexibility index (Phi) is 4.84. The van der Waals surface area contributed by atoms with E-state index in [9.17, 15) is 9.18 Å².